The van der Waals surface area contributed by atoms with E-state index in [2.05, 4.69) is 23.6 Å². The second-order valence-electron chi connectivity index (χ2n) is 6.84. The highest BCUT2D eigenvalue weighted by molar-refractivity contribution is 5.80. The number of fused-ring (bicyclic) bond motifs is 1. The SMILES string of the molecule is CCNC(=NCC1(CO)CCOCC1)NC1CCOc2ccccc21. The minimum absolute atomic E-state index is 0.152. The first-order valence-corrected chi connectivity index (χ1v) is 9.21. The third-order valence-electron chi connectivity index (χ3n) is 5.08. The van der Waals surface area contributed by atoms with Gasteiger partial charge in [-0.15, -0.1) is 0 Å². The molecular weight excluding hydrogens is 318 g/mol. The summed E-state index contributed by atoms with van der Waals surface area (Å²) >= 11 is 0. The molecule has 2 heterocycles. The third kappa shape index (κ3) is 4.44. The summed E-state index contributed by atoms with van der Waals surface area (Å²) in [6.45, 7) is 5.72. The second-order valence-corrected chi connectivity index (χ2v) is 6.84. The number of hydrogen-bond acceptors (Lipinski definition) is 4. The maximum atomic E-state index is 9.85. The van der Waals surface area contributed by atoms with E-state index in [-0.39, 0.29) is 18.1 Å². The molecule has 1 aromatic carbocycles. The van der Waals surface area contributed by atoms with Crippen LogP contribution in [0.15, 0.2) is 29.3 Å². The van der Waals surface area contributed by atoms with Crippen LogP contribution in [0.4, 0.5) is 0 Å². The van der Waals surface area contributed by atoms with Crippen LogP contribution in [0.3, 0.4) is 0 Å². The van der Waals surface area contributed by atoms with Crippen LogP contribution in [0.25, 0.3) is 0 Å². The van der Waals surface area contributed by atoms with Crippen molar-refractivity contribution in [2.75, 3.05) is 39.5 Å². The largest absolute Gasteiger partial charge is 0.493 e. The van der Waals surface area contributed by atoms with E-state index in [0.717, 1.165) is 37.5 Å². The molecule has 2 aliphatic heterocycles. The summed E-state index contributed by atoms with van der Waals surface area (Å²) in [7, 11) is 0. The van der Waals surface area contributed by atoms with Crippen LogP contribution in [-0.2, 0) is 4.74 Å². The van der Waals surface area contributed by atoms with Gasteiger partial charge < -0.3 is 25.2 Å². The normalized spacial score (nSPS) is 22.6. The van der Waals surface area contributed by atoms with E-state index in [0.29, 0.717) is 26.4 Å². The Morgan fingerprint density at radius 1 is 1.28 bits per heavy atom. The molecule has 0 saturated carbocycles. The quantitative estimate of drug-likeness (QED) is 0.560. The zero-order valence-electron chi connectivity index (χ0n) is 15.0. The van der Waals surface area contributed by atoms with Gasteiger partial charge in [-0.2, -0.15) is 0 Å². The van der Waals surface area contributed by atoms with Crippen molar-refractivity contribution < 1.29 is 14.6 Å². The molecule has 0 amide bonds. The predicted octanol–water partition coefficient (Wildman–Crippen LogP) is 1.85. The van der Waals surface area contributed by atoms with Crippen molar-refractivity contribution in [3.63, 3.8) is 0 Å². The molecule has 1 saturated heterocycles. The van der Waals surface area contributed by atoms with Crippen molar-refractivity contribution in [1.82, 2.24) is 10.6 Å². The van der Waals surface area contributed by atoms with E-state index in [1.807, 2.05) is 18.2 Å². The molecule has 25 heavy (non-hydrogen) atoms. The molecule has 6 heteroatoms. The van der Waals surface area contributed by atoms with E-state index >= 15 is 0 Å². The fourth-order valence-corrected chi connectivity index (χ4v) is 3.39. The number of aliphatic hydroxyl groups is 1. The van der Waals surface area contributed by atoms with Crippen molar-refractivity contribution in [2.24, 2.45) is 10.4 Å². The second kappa shape index (κ2) is 8.54. The number of ether oxygens (including phenoxy) is 2. The van der Waals surface area contributed by atoms with Gasteiger partial charge in [0.2, 0.25) is 0 Å². The van der Waals surface area contributed by atoms with Gasteiger partial charge in [0.25, 0.3) is 0 Å². The predicted molar refractivity (Wildman–Crippen MR) is 98.0 cm³/mol. The van der Waals surface area contributed by atoms with Gasteiger partial charge in [0.05, 0.1) is 25.8 Å². The molecule has 3 N–H and O–H groups in total. The molecule has 0 radical (unpaired) electrons. The molecule has 0 aliphatic carbocycles. The van der Waals surface area contributed by atoms with E-state index in [4.69, 9.17) is 14.5 Å². The summed E-state index contributed by atoms with van der Waals surface area (Å²) in [5.41, 5.74) is 1.01. The Balaban J connectivity index is 1.71. The van der Waals surface area contributed by atoms with Crippen molar-refractivity contribution in [3.05, 3.63) is 29.8 Å². The van der Waals surface area contributed by atoms with Gasteiger partial charge in [-0.3, -0.25) is 4.99 Å². The van der Waals surface area contributed by atoms with Crippen molar-refractivity contribution >= 4 is 5.96 Å². The summed E-state index contributed by atoms with van der Waals surface area (Å²) in [6.07, 6.45) is 2.61. The molecule has 0 bridgehead atoms. The number of para-hydroxylation sites is 1. The fraction of sp³-hybridized carbons (Fsp3) is 0.632. The van der Waals surface area contributed by atoms with Crippen molar-refractivity contribution in [1.29, 1.82) is 0 Å². The molecule has 1 fully saturated rings. The smallest absolute Gasteiger partial charge is 0.191 e. The summed E-state index contributed by atoms with van der Waals surface area (Å²) in [6, 6.07) is 8.33. The monoisotopic (exact) mass is 347 g/mol. The number of guanidine groups is 1. The van der Waals surface area contributed by atoms with Gasteiger partial charge in [0.15, 0.2) is 5.96 Å². The van der Waals surface area contributed by atoms with E-state index in [1.165, 1.54) is 5.56 Å². The maximum Gasteiger partial charge on any atom is 0.191 e. The summed E-state index contributed by atoms with van der Waals surface area (Å²) in [5, 5.41) is 16.7. The lowest BCUT2D eigenvalue weighted by molar-refractivity contribution is -0.0106. The van der Waals surface area contributed by atoms with Crippen LogP contribution in [0.5, 0.6) is 5.75 Å². The Labute approximate surface area is 149 Å². The molecule has 1 unspecified atom stereocenters. The number of nitrogens with one attached hydrogen (secondary N) is 2. The first kappa shape index (κ1) is 18.0. The summed E-state index contributed by atoms with van der Waals surface area (Å²) in [4.78, 5) is 4.79. The summed E-state index contributed by atoms with van der Waals surface area (Å²) < 4.78 is 11.2. The first-order chi connectivity index (χ1) is 12.3. The van der Waals surface area contributed by atoms with Gasteiger partial charge in [-0.05, 0) is 25.8 Å². The first-order valence-electron chi connectivity index (χ1n) is 9.21. The highest BCUT2D eigenvalue weighted by Crippen LogP contribution is 2.32. The third-order valence-corrected chi connectivity index (χ3v) is 5.08. The van der Waals surface area contributed by atoms with Gasteiger partial charge in [-0.25, -0.2) is 0 Å². The minimum Gasteiger partial charge on any atom is -0.493 e. The Morgan fingerprint density at radius 3 is 2.84 bits per heavy atom. The molecule has 1 aromatic rings. The van der Waals surface area contributed by atoms with E-state index in [9.17, 15) is 5.11 Å². The van der Waals surface area contributed by atoms with E-state index < -0.39 is 0 Å². The number of hydrogen-bond donors (Lipinski definition) is 3. The zero-order valence-corrected chi connectivity index (χ0v) is 15.0. The molecule has 0 aromatic heterocycles. The van der Waals surface area contributed by atoms with Crippen LogP contribution in [0.1, 0.15) is 37.8 Å². The Bertz CT molecular complexity index is 585. The fourth-order valence-electron chi connectivity index (χ4n) is 3.39. The lowest BCUT2D eigenvalue weighted by Crippen LogP contribution is -2.43. The molecule has 3 rings (SSSR count). The highest BCUT2D eigenvalue weighted by Gasteiger charge is 2.32. The van der Waals surface area contributed by atoms with Crippen LogP contribution >= 0.6 is 0 Å². The van der Waals surface area contributed by atoms with Crippen molar-refractivity contribution in [3.8, 4) is 5.75 Å². The topological polar surface area (TPSA) is 75.1 Å². The van der Waals surface area contributed by atoms with Gasteiger partial charge >= 0.3 is 0 Å². The maximum absolute atomic E-state index is 9.85. The van der Waals surface area contributed by atoms with Gasteiger partial charge in [-0.1, -0.05) is 18.2 Å². The molecular formula is C19H29N3O3. The average molecular weight is 347 g/mol. The Hall–Kier alpha value is -1.79. The number of aliphatic hydroxyl groups excluding tert-OH is 1. The average Bonchev–Trinajstić information content (AvgIpc) is 2.67. The molecule has 2 aliphatic rings. The van der Waals surface area contributed by atoms with Crippen LogP contribution < -0.4 is 15.4 Å². The Kier molecular flexibility index (Phi) is 6.15. The number of benzene rings is 1. The number of nitrogens with zero attached hydrogens (tertiary/aromatic N) is 1. The molecule has 0 spiro atoms. The van der Waals surface area contributed by atoms with Gasteiger partial charge in [0, 0.05) is 37.2 Å². The molecule has 1 atom stereocenters. The van der Waals surface area contributed by atoms with Crippen LogP contribution in [0.2, 0.25) is 0 Å². The molecule has 6 nitrogen and oxygen atoms in total. The standard InChI is InChI=1S/C19H29N3O3/c1-2-20-18(21-13-19(14-23)8-11-24-12-9-19)22-16-7-10-25-17-6-4-3-5-15(16)17/h3-6,16,23H,2,7-14H2,1H3,(H2,20,21,22). The number of aliphatic imine (C=N–C) groups is 1. The van der Waals surface area contributed by atoms with Crippen molar-refractivity contribution in [2.45, 2.75) is 32.2 Å². The van der Waals surface area contributed by atoms with E-state index in [1.54, 1.807) is 0 Å². The minimum atomic E-state index is -0.159. The van der Waals surface area contributed by atoms with Gasteiger partial charge in [0.1, 0.15) is 5.75 Å². The highest BCUT2D eigenvalue weighted by atomic mass is 16.5. The lowest BCUT2D eigenvalue weighted by atomic mass is 9.81. The van der Waals surface area contributed by atoms with Crippen LogP contribution in [-0.4, -0.2) is 50.6 Å². The zero-order chi connectivity index (χ0) is 17.5. The molecule has 138 valence electrons. The Morgan fingerprint density at radius 2 is 2.08 bits per heavy atom. The summed E-state index contributed by atoms with van der Waals surface area (Å²) in [5.74, 6) is 1.74. The lowest BCUT2D eigenvalue weighted by Gasteiger charge is -2.34. The van der Waals surface area contributed by atoms with Crippen LogP contribution in [0, 0.1) is 5.41 Å². The number of rotatable bonds is 5.